The predicted molar refractivity (Wildman–Crippen MR) is 72.9 cm³/mol. The normalized spacial score (nSPS) is 20.0. The second-order valence-electron chi connectivity index (χ2n) is 5.64. The molecule has 0 radical (unpaired) electrons. The second kappa shape index (κ2) is 6.74. The highest BCUT2D eigenvalue weighted by Crippen LogP contribution is 2.26. The molecule has 4 heteroatoms. The monoisotopic (exact) mass is 261 g/mol. The molecule has 1 saturated carbocycles. The van der Waals surface area contributed by atoms with E-state index in [-0.39, 0.29) is 6.04 Å². The van der Waals surface area contributed by atoms with Gasteiger partial charge >= 0.3 is 0 Å². The molecule has 1 rings (SSSR count). The van der Waals surface area contributed by atoms with E-state index in [4.69, 9.17) is 0 Å². The van der Waals surface area contributed by atoms with Crippen molar-refractivity contribution in [1.82, 2.24) is 5.32 Å². The summed E-state index contributed by atoms with van der Waals surface area (Å²) in [6, 6.07) is 0.103. The van der Waals surface area contributed by atoms with Crippen LogP contribution in [0.15, 0.2) is 0 Å². The minimum absolute atomic E-state index is 0.103. The highest BCUT2D eigenvalue weighted by atomic mass is 32.2. The Kier molecular flexibility index (Phi) is 5.93. The van der Waals surface area contributed by atoms with Gasteiger partial charge in [-0.05, 0) is 31.2 Å². The van der Waals surface area contributed by atoms with Crippen molar-refractivity contribution < 1.29 is 8.42 Å². The van der Waals surface area contributed by atoms with Gasteiger partial charge in [0, 0.05) is 6.04 Å². The van der Waals surface area contributed by atoms with E-state index in [1.165, 1.54) is 12.8 Å². The summed E-state index contributed by atoms with van der Waals surface area (Å²) >= 11 is 0. The molecule has 0 aromatic carbocycles. The summed E-state index contributed by atoms with van der Waals surface area (Å²) in [5.74, 6) is 1.50. The molecular formula is C13H27NO2S. The van der Waals surface area contributed by atoms with Gasteiger partial charge in [-0.25, -0.2) is 8.42 Å². The van der Waals surface area contributed by atoms with Crippen molar-refractivity contribution in [2.75, 3.05) is 18.1 Å². The van der Waals surface area contributed by atoms with Crippen molar-refractivity contribution in [3.05, 3.63) is 0 Å². The lowest BCUT2D eigenvalue weighted by molar-refractivity contribution is 0.433. The lowest BCUT2D eigenvalue weighted by atomic mass is 10.1. The summed E-state index contributed by atoms with van der Waals surface area (Å²) in [6.07, 6.45) is 4.63. The lowest BCUT2D eigenvalue weighted by Gasteiger charge is -2.22. The van der Waals surface area contributed by atoms with Crippen molar-refractivity contribution in [3.63, 3.8) is 0 Å². The van der Waals surface area contributed by atoms with Crippen LogP contribution in [0.3, 0.4) is 0 Å². The molecule has 0 heterocycles. The van der Waals surface area contributed by atoms with E-state index in [9.17, 15) is 8.42 Å². The van der Waals surface area contributed by atoms with Crippen LogP contribution in [0.5, 0.6) is 0 Å². The van der Waals surface area contributed by atoms with Crippen molar-refractivity contribution in [2.24, 2.45) is 11.8 Å². The zero-order valence-corrected chi connectivity index (χ0v) is 12.2. The third-order valence-corrected chi connectivity index (χ3v) is 5.52. The van der Waals surface area contributed by atoms with Gasteiger partial charge in [0.25, 0.3) is 0 Å². The van der Waals surface area contributed by atoms with Crippen LogP contribution >= 0.6 is 0 Å². The quantitative estimate of drug-likeness (QED) is 0.764. The Morgan fingerprint density at radius 1 is 1.24 bits per heavy atom. The van der Waals surface area contributed by atoms with Crippen molar-refractivity contribution in [3.8, 4) is 0 Å². The highest BCUT2D eigenvalue weighted by molar-refractivity contribution is 7.91. The van der Waals surface area contributed by atoms with E-state index in [1.54, 1.807) is 0 Å². The van der Waals surface area contributed by atoms with Crippen LogP contribution in [0.1, 0.15) is 46.5 Å². The van der Waals surface area contributed by atoms with Crippen LogP contribution in [0.4, 0.5) is 0 Å². The third-order valence-electron chi connectivity index (χ3n) is 3.67. The second-order valence-corrected chi connectivity index (χ2v) is 7.79. The Morgan fingerprint density at radius 2 is 1.82 bits per heavy atom. The molecule has 0 aromatic heterocycles. The maximum absolute atomic E-state index is 12.1. The molecule has 102 valence electrons. The molecule has 0 amide bonds. The van der Waals surface area contributed by atoms with Gasteiger partial charge in [-0.1, -0.05) is 33.6 Å². The SMILES string of the molecule is CCNC(CS(=O)(=O)CC1CCCC1)C(C)C. The van der Waals surface area contributed by atoms with E-state index < -0.39 is 9.84 Å². The zero-order valence-electron chi connectivity index (χ0n) is 11.4. The van der Waals surface area contributed by atoms with Crippen LogP contribution < -0.4 is 5.32 Å². The standard InChI is InChI=1S/C13H27NO2S/c1-4-14-13(11(2)3)10-17(15,16)9-12-7-5-6-8-12/h11-14H,4-10H2,1-3H3. The molecular weight excluding hydrogens is 234 g/mol. The smallest absolute Gasteiger partial charge is 0.152 e. The molecule has 0 saturated heterocycles. The molecule has 0 aromatic rings. The molecule has 0 spiro atoms. The first-order chi connectivity index (χ1) is 7.94. The average Bonchev–Trinajstić information content (AvgIpc) is 2.68. The van der Waals surface area contributed by atoms with Gasteiger partial charge in [-0.2, -0.15) is 0 Å². The number of rotatable bonds is 7. The van der Waals surface area contributed by atoms with Crippen molar-refractivity contribution in [1.29, 1.82) is 0 Å². The maximum Gasteiger partial charge on any atom is 0.152 e. The largest absolute Gasteiger partial charge is 0.313 e. The van der Waals surface area contributed by atoms with Crippen LogP contribution in [0, 0.1) is 11.8 Å². The predicted octanol–water partition coefficient (Wildman–Crippen LogP) is 2.23. The first-order valence-electron chi connectivity index (χ1n) is 6.88. The third kappa shape index (κ3) is 5.38. The van der Waals surface area contributed by atoms with Crippen LogP contribution in [-0.4, -0.2) is 32.5 Å². The topological polar surface area (TPSA) is 46.2 Å². The summed E-state index contributed by atoms with van der Waals surface area (Å²) in [4.78, 5) is 0. The maximum atomic E-state index is 12.1. The molecule has 1 fully saturated rings. The Hall–Kier alpha value is -0.0900. The molecule has 3 nitrogen and oxygen atoms in total. The lowest BCUT2D eigenvalue weighted by Crippen LogP contribution is -2.40. The zero-order chi connectivity index (χ0) is 12.9. The first kappa shape index (κ1) is 15.0. The van der Waals surface area contributed by atoms with Gasteiger partial charge in [0.1, 0.15) is 0 Å². The molecule has 1 aliphatic rings. The van der Waals surface area contributed by atoms with Crippen molar-refractivity contribution >= 4 is 9.84 Å². The molecule has 17 heavy (non-hydrogen) atoms. The van der Waals surface area contributed by atoms with E-state index in [2.05, 4.69) is 19.2 Å². The molecule has 1 aliphatic carbocycles. The Morgan fingerprint density at radius 3 is 2.29 bits per heavy atom. The molecule has 0 bridgehead atoms. The van der Waals surface area contributed by atoms with Crippen molar-refractivity contribution in [2.45, 2.75) is 52.5 Å². The Balaban J connectivity index is 2.50. The number of hydrogen-bond acceptors (Lipinski definition) is 3. The number of sulfone groups is 1. The fraction of sp³-hybridized carbons (Fsp3) is 1.00. The van der Waals surface area contributed by atoms with Gasteiger partial charge in [-0.3, -0.25) is 0 Å². The van der Waals surface area contributed by atoms with Gasteiger partial charge in [0.05, 0.1) is 11.5 Å². The number of hydrogen-bond donors (Lipinski definition) is 1. The van der Waals surface area contributed by atoms with E-state index in [0.717, 1.165) is 19.4 Å². The molecule has 0 aliphatic heterocycles. The minimum atomic E-state index is -2.89. The number of nitrogens with one attached hydrogen (secondary N) is 1. The van der Waals surface area contributed by atoms with Crippen LogP contribution in [0.2, 0.25) is 0 Å². The Bertz CT molecular complexity index is 305. The fourth-order valence-electron chi connectivity index (χ4n) is 2.63. The summed E-state index contributed by atoms with van der Waals surface area (Å²) in [5.41, 5.74) is 0. The summed E-state index contributed by atoms with van der Waals surface area (Å²) in [5, 5.41) is 3.28. The van der Waals surface area contributed by atoms with Gasteiger partial charge < -0.3 is 5.32 Å². The van der Waals surface area contributed by atoms with E-state index >= 15 is 0 Å². The average molecular weight is 261 g/mol. The van der Waals surface area contributed by atoms with Gasteiger partial charge in [-0.15, -0.1) is 0 Å². The summed E-state index contributed by atoms with van der Waals surface area (Å²) in [7, 11) is -2.89. The molecule has 1 N–H and O–H groups in total. The highest BCUT2D eigenvalue weighted by Gasteiger charge is 2.26. The minimum Gasteiger partial charge on any atom is -0.313 e. The Labute approximate surface area is 106 Å². The summed E-state index contributed by atoms with van der Waals surface area (Å²) in [6.45, 7) is 7.03. The fourth-order valence-corrected chi connectivity index (χ4v) is 4.86. The van der Waals surface area contributed by atoms with Crippen LogP contribution in [0.25, 0.3) is 0 Å². The van der Waals surface area contributed by atoms with Gasteiger partial charge in [0.2, 0.25) is 0 Å². The van der Waals surface area contributed by atoms with E-state index in [1.807, 2.05) is 6.92 Å². The first-order valence-corrected chi connectivity index (χ1v) is 8.70. The summed E-state index contributed by atoms with van der Waals surface area (Å²) < 4.78 is 24.3. The van der Waals surface area contributed by atoms with E-state index in [0.29, 0.717) is 23.3 Å². The molecule has 1 unspecified atom stereocenters. The molecule has 1 atom stereocenters. The van der Waals surface area contributed by atoms with Gasteiger partial charge in [0.15, 0.2) is 9.84 Å². The van der Waals surface area contributed by atoms with Crippen LogP contribution in [-0.2, 0) is 9.84 Å².